The van der Waals surface area contributed by atoms with E-state index in [4.69, 9.17) is 13.9 Å². The maximum atomic E-state index is 13.6. The highest BCUT2D eigenvalue weighted by molar-refractivity contribution is 5.73. The molecule has 0 saturated carbocycles. The number of aryl methyl sites for hydroxylation is 1. The first kappa shape index (κ1) is 16.8. The summed E-state index contributed by atoms with van der Waals surface area (Å²) in [6, 6.07) is 11.3. The first-order chi connectivity index (χ1) is 12.1. The fourth-order valence-corrected chi connectivity index (χ4v) is 2.46. The molecule has 1 heterocycles. The molecule has 0 amide bonds. The van der Waals surface area contributed by atoms with Gasteiger partial charge >= 0.3 is 11.7 Å². The third kappa shape index (κ3) is 3.71. The molecular formula is C18H16FNO5. The van der Waals surface area contributed by atoms with Crippen LogP contribution in [0.4, 0.5) is 4.39 Å². The van der Waals surface area contributed by atoms with Gasteiger partial charge in [0.25, 0.3) is 0 Å². The van der Waals surface area contributed by atoms with Crippen molar-refractivity contribution in [1.29, 1.82) is 0 Å². The number of rotatable bonds is 6. The minimum atomic E-state index is -0.522. The van der Waals surface area contributed by atoms with Gasteiger partial charge in [0.05, 0.1) is 19.0 Å². The third-order valence-corrected chi connectivity index (χ3v) is 3.73. The Bertz CT molecular complexity index is 959. The Morgan fingerprint density at radius 3 is 2.80 bits per heavy atom. The number of para-hydroxylation sites is 2. The average Bonchev–Trinajstić information content (AvgIpc) is 2.93. The van der Waals surface area contributed by atoms with Crippen molar-refractivity contribution >= 4 is 17.1 Å². The summed E-state index contributed by atoms with van der Waals surface area (Å²) in [7, 11) is 1.37. The van der Waals surface area contributed by atoms with Crippen LogP contribution in [0.5, 0.6) is 5.75 Å². The molecule has 3 rings (SSSR count). The van der Waals surface area contributed by atoms with Crippen LogP contribution in [0.15, 0.2) is 51.7 Å². The van der Waals surface area contributed by atoms with Gasteiger partial charge in [-0.1, -0.05) is 18.2 Å². The van der Waals surface area contributed by atoms with E-state index in [1.807, 2.05) is 0 Å². The van der Waals surface area contributed by atoms with Crippen LogP contribution in [0.25, 0.3) is 11.1 Å². The normalized spacial score (nSPS) is 10.8. The fraction of sp³-hybridized carbons (Fsp3) is 0.222. The SMILES string of the molecule is COc1ccc(COC(=O)CCn2c(=O)oc3ccccc32)cc1F. The molecule has 1 aromatic heterocycles. The Morgan fingerprint density at radius 1 is 1.24 bits per heavy atom. The van der Waals surface area contributed by atoms with E-state index < -0.39 is 17.5 Å². The fourth-order valence-electron chi connectivity index (χ4n) is 2.46. The smallest absolute Gasteiger partial charge is 0.419 e. The van der Waals surface area contributed by atoms with Crippen molar-refractivity contribution in [3.05, 3.63) is 64.4 Å². The van der Waals surface area contributed by atoms with Crippen molar-refractivity contribution in [2.24, 2.45) is 0 Å². The second-order valence-corrected chi connectivity index (χ2v) is 5.37. The van der Waals surface area contributed by atoms with Crippen LogP contribution in [-0.2, 0) is 22.7 Å². The summed E-state index contributed by atoms with van der Waals surface area (Å²) in [6.07, 6.45) is 0.00205. The maximum Gasteiger partial charge on any atom is 0.419 e. The van der Waals surface area contributed by atoms with E-state index in [-0.39, 0.29) is 25.3 Å². The minimum absolute atomic E-state index is 0.00205. The summed E-state index contributed by atoms with van der Waals surface area (Å²) in [4.78, 5) is 23.7. The number of nitrogens with zero attached hydrogens (tertiary/aromatic N) is 1. The van der Waals surface area contributed by atoms with Gasteiger partial charge in [0, 0.05) is 6.54 Å². The molecule has 0 spiro atoms. The molecule has 0 atom stereocenters. The molecule has 0 fully saturated rings. The quantitative estimate of drug-likeness (QED) is 0.643. The van der Waals surface area contributed by atoms with E-state index in [0.717, 1.165) is 0 Å². The summed E-state index contributed by atoms with van der Waals surface area (Å²) in [5.41, 5.74) is 1.60. The molecule has 0 saturated heterocycles. The van der Waals surface area contributed by atoms with Crippen molar-refractivity contribution in [2.75, 3.05) is 7.11 Å². The summed E-state index contributed by atoms with van der Waals surface area (Å²) in [5.74, 6) is -1.41. The van der Waals surface area contributed by atoms with Crippen LogP contribution >= 0.6 is 0 Å². The van der Waals surface area contributed by atoms with Gasteiger partial charge in [-0.05, 0) is 29.8 Å². The van der Waals surface area contributed by atoms with Crippen LogP contribution in [-0.4, -0.2) is 17.6 Å². The third-order valence-electron chi connectivity index (χ3n) is 3.73. The number of methoxy groups -OCH3 is 1. The van der Waals surface area contributed by atoms with Crippen LogP contribution in [0.3, 0.4) is 0 Å². The molecule has 0 N–H and O–H groups in total. The largest absolute Gasteiger partial charge is 0.494 e. The number of fused-ring (bicyclic) bond motifs is 1. The molecule has 130 valence electrons. The first-order valence-corrected chi connectivity index (χ1v) is 7.65. The van der Waals surface area contributed by atoms with E-state index in [2.05, 4.69) is 0 Å². The van der Waals surface area contributed by atoms with Crippen molar-refractivity contribution in [2.45, 2.75) is 19.6 Å². The second kappa shape index (κ2) is 7.21. The molecule has 0 bridgehead atoms. The zero-order valence-electron chi connectivity index (χ0n) is 13.5. The number of hydrogen-bond acceptors (Lipinski definition) is 5. The highest BCUT2D eigenvalue weighted by Crippen LogP contribution is 2.18. The lowest BCUT2D eigenvalue weighted by Crippen LogP contribution is -2.17. The van der Waals surface area contributed by atoms with Crippen LogP contribution in [0.1, 0.15) is 12.0 Å². The van der Waals surface area contributed by atoms with E-state index in [9.17, 15) is 14.0 Å². The summed E-state index contributed by atoms with van der Waals surface area (Å²) >= 11 is 0. The van der Waals surface area contributed by atoms with Gasteiger partial charge in [0.2, 0.25) is 0 Å². The number of carbonyl (C=O) groups is 1. The van der Waals surface area contributed by atoms with Crippen molar-refractivity contribution in [3.63, 3.8) is 0 Å². The monoisotopic (exact) mass is 345 g/mol. The molecular weight excluding hydrogens is 329 g/mol. The Hall–Kier alpha value is -3.09. The van der Waals surface area contributed by atoms with Gasteiger partial charge < -0.3 is 13.9 Å². The number of hydrogen-bond donors (Lipinski definition) is 0. The highest BCUT2D eigenvalue weighted by Gasteiger charge is 2.11. The average molecular weight is 345 g/mol. The number of aromatic nitrogens is 1. The van der Waals surface area contributed by atoms with Gasteiger partial charge in [0.1, 0.15) is 6.61 Å². The number of oxazole rings is 1. The predicted octanol–water partition coefficient (Wildman–Crippen LogP) is 2.88. The predicted molar refractivity (Wildman–Crippen MR) is 87.8 cm³/mol. The molecule has 0 aliphatic carbocycles. The zero-order valence-corrected chi connectivity index (χ0v) is 13.5. The van der Waals surface area contributed by atoms with Gasteiger partial charge in [-0.15, -0.1) is 0 Å². The van der Waals surface area contributed by atoms with Crippen molar-refractivity contribution < 1.29 is 23.1 Å². The van der Waals surface area contributed by atoms with Gasteiger partial charge in [-0.2, -0.15) is 0 Å². The van der Waals surface area contributed by atoms with Crippen molar-refractivity contribution in [3.8, 4) is 5.75 Å². The number of carbonyl (C=O) groups excluding carboxylic acids is 1. The summed E-state index contributed by atoms with van der Waals surface area (Å²) in [6.45, 7) is 0.0897. The first-order valence-electron chi connectivity index (χ1n) is 7.65. The molecule has 0 unspecified atom stereocenters. The van der Waals surface area contributed by atoms with E-state index in [1.165, 1.54) is 23.8 Å². The zero-order chi connectivity index (χ0) is 17.8. The van der Waals surface area contributed by atoms with E-state index in [1.54, 1.807) is 30.3 Å². The Labute approximate surface area is 142 Å². The molecule has 7 heteroatoms. The van der Waals surface area contributed by atoms with Crippen LogP contribution in [0, 0.1) is 5.82 Å². The molecule has 0 aliphatic heterocycles. The van der Waals surface area contributed by atoms with E-state index >= 15 is 0 Å². The molecule has 0 aliphatic rings. The minimum Gasteiger partial charge on any atom is -0.494 e. The molecule has 2 aromatic carbocycles. The van der Waals surface area contributed by atoms with Crippen molar-refractivity contribution in [1.82, 2.24) is 4.57 Å². The topological polar surface area (TPSA) is 70.7 Å². The maximum absolute atomic E-state index is 13.6. The Morgan fingerprint density at radius 2 is 2.04 bits per heavy atom. The van der Waals surface area contributed by atoms with E-state index in [0.29, 0.717) is 16.7 Å². The molecule has 25 heavy (non-hydrogen) atoms. The van der Waals surface area contributed by atoms with Gasteiger partial charge in [-0.25, -0.2) is 9.18 Å². The molecule has 0 radical (unpaired) electrons. The lowest BCUT2D eigenvalue weighted by atomic mass is 10.2. The lowest BCUT2D eigenvalue weighted by Gasteiger charge is -2.07. The Kier molecular flexibility index (Phi) is 4.83. The standard InChI is InChI=1S/C18H16FNO5/c1-23-15-7-6-12(10-13(15)19)11-24-17(21)8-9-20-14-4-2-3-5-16(14)25-18(20)22/h2-7,10H,8-9,11H2,1H3. The molecule has 6 nitrogen and oxygen atoms in total. The highest BCUT2D eigenvalue weighted by atomic mass is 19.1. The van der Waals surface area contributed by atoms with Crippen LogP contribution in [0.2, 0.25) is 0 Å². The number of esters is 1. The Balaban J connectivity index is 1.58. The summed E-state index contributed by atoms with van der Waals surface area (Å²) < 4.78 is 30.0. The second-order valence-electron chi connectivity index (χ2n) is 5.37. The lowest BCUT2D eigenvalue weighted by molar-refractivity contribution is -0.145. The number of ether oxygens (including phenoxy) is 2. The summed E-state index contributed by atoms with van der Waals surface area (Å²) in [5, 5.41) is 0. The number of halogens is 1. The van der Waals surface area contributed by atoms with Gasteiger partial charge in [0.15, 0.2) is 17.1 Å². The number of benzene rings is 2. The van der Waals surface area contributed by atoms with Crippen LogP contribution < -0.4 is 10.5 Å². The molecule has 3 aromatic rings. The van der Waals surface area contributed by atoms with Gasteiger partial charge in [-0.3, -0.25) is 9.36 Å².